The van der Waals surface area contributed by atoms with Crippen molar-refractivity contribution >= 4 is 17.6 Å². The summed E-state index contributed by atoms with van der Waals surface area (Å²) in [6, 6.07) is 23.3. The molecule has 1 heterocycles. The van der Waals surface area contributed by atoms with Crippen LogP contribution < -0.4 is 15.4 Å². The highest BCUT2D eigenvalue weighted by molar-refractivity contribution is 6.02. The van der Waals surface area contributed by atoms with Gasteiger partial charge in [-0.2, -0.15) is 0 Å². The van der Waals surface area contributed by atoms with Gasteiger partial charge < -0.3 is 39.5 Å². The molecule has 1 atom stereocenters. The van der Waals surface area contributed by atoms with E-state index in [1.54, 1.807) is 30.3 Å². The minimum atomic E-state index is -0.771. The third-order valence-corrected chi connectivity index (χ3v) is 6.47. The third-order valence-electron chi connectivity index (χ3n) is 6.47. The molecule has 43 heavy (non-hydrogen) atoms. The molecule has 4 aromatic rings. The topological polar surface area (TPSA) is 139 Å². The van der Waals surface area contributed by atoms with Gasteiger partial charge in [-0.1, -0.05) is 30.3 Å². The molecule has 3 aromatic carbocycles. The number of carbonyl (C=O) groups is 2. The molecule has 4 rings (SSSR count). The number of carbonyl (C=O) groups excluding carboxylic acids is 2. The lowest BCUT2D eigenvalue weighted by Crippen LogP contribution is -2.23. The van der Waals surface area contributed by atoms with Gasteiger partial charge in [0.15, 0.2) is 5.76 Å². The van der Waals surface area contributed by atoms with Gasteiger partial charge in [0.2, 0.25) is 0 Å². The van der Waals surface area contributed by atoms with Crippen LogP contribution in [-0.2, 0) is 33.9 Å². The molecule has 10 heteroatoms. The van der Waals surface area contributed by atoms with E-state index < -0.39 is 12.1 Å². The Morgan fingerprint density at radius 2 is 1.77 bits per heavy atom. The van der Waals surface area contributed by atoms with Gasteiger partial charge >= 0.3 is 5.97 Å². The summed E-state index contributed by atoms with van der Waals surface area (Å²) in [5, 5.41) is 26.5. The van der Waals surface area contributed by atoms with Gasteiger partial charge in [-0.15, -0.1) is 0 Å². The van der Waals surface area contributed by atoms with E-state index in [-0.39, 0.29) is 24.0 Å². The molecule has 0 spiro atoms. The fourth-order valence-electron chi connectivity index (χ4n) is 4.20. The lowest BCUT2D eigenvalue weighted by molar-refractivity contribution is -0.142. The first kappa shape index (κ1) is 31.3. The Kier molecular flexibility index (Phi) is 11.7. The van der Waals surface area contributed by atoms with Crippen molar-refractivity contribution in [1.29, 1.82) is 0 Å². The summed E-state index contributed by atoms with van der Waals surface area (Å²) in [4.78, 5) is 23.2. The van der Waals surface area contributed by atoms with Crippen LogP contribution in [0, 0.1) is 0 Å². The van der Waals surface area contributed by atoms with Gasteiger partial charge in [0.25, 0.3) is 5.91 Å². The fourth-order valence-corrected chi connectivity index (χ4v) is 4.20. The summed E-state index contributed by atoms with van der Waals surface area (Å²) < 4.78 is 21.6. The predicted molar refractivity (Wildman–Crippen MR) is 160 cm³/mol. The summed E-state index contributed by atoms with van der Waals surface area (Å²) in [5.74, 6) is 0.263. The first-order valence-electron chi connectivity index (χ1n) is 13.9. The molecule has 0 bridgehead atoms. The number of amides is 1. The average Bonchev–Trinajstić information content (AvgIpc) is 3.55. The lowest BCUT2D eigenvalue weighted by atomic mass is 10.1. The maximum atomic E-state index is 12.1. The monoisotopic (exact) mass is 588 g/mol. The number of phenols is 1. The van der Waals surface area contributed by atoms with Crippen molar-refractivity contribution < 1.29 is 38.4 Å². The van der Waals surface area contributed by atoms with Crippen LogP contribution in [0.5, 0.6) is 11.5 Å². The number of aromatic hydroxyl groups is 1. The first-order chi connectivity index (χ1) is 20.9. The van der Waals surface area contributed by atoms with E-state index in [0.29, 0.717) is 49.7 Å². The first-order valence-corrected chi connectivity index (χ1v) is 13.9. The molecule has 4 N–H and O–H groups in total. The number of esters is 1. The lowest BCUT2D eigenvalue weighted by Gasteiger charge is -2.14. The number of ether oxygens (including phenoxy) is 3. The molecule has 0 aliphatic heterocycles. The largest absolute Gasteiger partial charge is 0.508 e. The number of rotatable bonds is 16. The van der Waals surface area contributed by atoms with Crippen LogP contribution >= 0.6 is 0 Å². The third kappa shape index (κ3) is 10.3. The normalized spacial score (nSPS) is 11.6. The molecule has 0 unspecified atom stereocenters. The molecule has 0 aliphatic carbocycles. The highest BCUT2D eigenvalue weighted by Gasteiger charge is 2.12. The maximum Gasteiger partial charge on any atom is 0.302 e. The standard InChI is InChI=1S/C33H36N2O8/c1-23(36)43-22-27-19-26(9-12-30(27)37)31(38)20-34-14-13-24-7-10-29(11-8-24)41-17-16-40-21-25-4-2-5-28(18-25)35-33(39)32-6-3-15-42-32/h2-12,15,18-19,31,34,37-38H,13-14,16-17,20-22H2,1H3,(H,35,39)/t31-/m0/s1. The van der Waals surface area contributed by atoms with Crippen LogP contribution in [0.25, 0.3) is 0 Å². The van der Waals surface area contributed by atoms with E-state index >= 15 is 0 Å². The van der Waals surface area contributed by atoms with Crippen LogP contribution in [0.3, 0.4) is 0 Å². The van der Waals surface area contributed by atoms with Gasteiger partial charge in [0.1, 0.15) is 24.7 Å². The molecule has 0 aliphatic rings. The SMILES string of the molecule is CC(=O)OCc1cc([C@@H](O)CNCCc2ccc(OCCOCc3cccc(NC(=O)c4ccco4)c3)cc2)ccc1O. The van der Waals surface area contributed by atoms with E-state index in [0.717, 1.165) is 23.3 Å². The van der Waals surface area contributed by atoms with Crippen molar-refractivity contribution in [3.05, 3.63) is 113 Å². The Morgan fingerprint density at radius 3 is 2.53 bits per heavy atom. The van der Waals surface area contributed by atoms with Crippen LogP contribution in [0.1, 0.15) is 45.8 Å². The Morgan fingerprint density at radius 1 is 0.930 bits per heavy atom. The zero-order valence-electron chi connectivity index (χ0n) is 24.0. The Hall–Kier alpha value is -4.64. The van der Waals surface area contributed by atoms with Gasteiger partial charge in [0.05, 0.1) is 25.6 Å². The molecule has 0 saturated carbocycles. The van der Waals surface area contributed by atoms with Crippen molar-refractivity contribution in [2.75, 3.05) is 31.6 Å². The predicted octanol–water partition coefficient (Wildman–Crippen LogP) is 4.76. The van der Waals surface area contributed by atoms with Crippen molar-refractivity contribution in [3.63, 3.8) is 0 Å². The van der Waals surface area contributed by atoms with Gasteiger partial charge in [-0.25, -0.2) is 0 Å². The molecule has 0 saturated heterocycles. The molecule has 0 fully saturated rings. The van der Waals surface area contributed by atoms with E-state index in [9.17, 15) is 19.8 Å². The second-order valence-corrected chi connectivity index (χ2v) is 9.82. The summed E-state index contributed by atoms with van der Waals surface area (Å²) in [6.45, 7) is 3.44. The summed E-state index contributed by atoms with van der Waals surface area (Å²) in [7, 11) is 0. The van der Waals surface area contributed by atoms with Crippen molar-refractivity contribution in [1.82, 2.24) is 5.32 Å². The van der Waals surface area contributed by atoms with Crippen LogP contribution in [0.4, 0.5) is 5.69 Å². The summed E-state index contributed by atoms with van der Waals surface area (Å²) in [5.41, 5.74) is 3.78. The number of hydrogen-bond donors (Lipinski definition) is 4. The number of aliphatic hydroxyl groups is 1. The number of phenolic OH excluding ortho intramolecular Hbond substituents is 1. The molecule has 1 amide bonds. The minimum Gasteiger partial charge on any atom is -0.508 e. The van der Waals surface area contributed by atoms with Gasteiger partial charge in [0, 0.05) is 24.7 Å². The van der Waals surface area contributed by atoms with Gasteiger partial charge in [-0.3, -0.25) is 9.59 Å². The molecule has 1 aromatic heterocycles. The van der Waals surface area contributed by atoms with Crippen LogP contribution in [-0.4, -0.2) is 48.4 Å². The van der Waals surface area contributed by atoms with Crippen LogP contribution in [0.15, 0.2) is 89.5 Å². The van der Waals surface area contributed by atoms with Gasteiger partial charge in [-0.05, 0) is 78.2 Å². The Bertz CT molecular complexity index is 1450. The molecular weight excluding hydrogens is 552 g/mol. The zero-order chi connectivity index (χ0) is 30.4. The van der Waals surface area contributed by atoms with Crippen molar-refractivity contribution in [3.8, 4) is 11.5 Å². The second-order valence-electron chi connectivity index (χ2n) is 9.82. The number of nitrogens with one attached hydrogen (secondary N) is 2. The number of furan rings is 1. The van der Waals surface area contributed by atoms with E-state index in [4.69, 9.17) is 18.6 Å². The number of aliphatic hydroxyl groups excluding tert-OH is 1. The van der Waals surface area contributed by atoms with Crippen LogP contribution in [0.2, 0.25) is 0 Å². The number of hydrogen-bond acceptors (Lipinski definition) is 9. The molecule has 0 radical (unpaired) electrons. The molecule has 10 nitrogen and oxygen atoms in total. The average molecular weight is 589 g/mol. The van der Waals surface area contributed by atoms with Crippen molar-refractivity contribution in [2.24, 2.45) is 0 Å². The second kappa shape index (κ2) is 16.1. The summed E-state index contributed by atoms with van der Waals surface area (Å²) >= 11 is 0. The zero-order valence-corrected chi connectivity index (χ0v) is 24.0. The quantitative estimate of drug-likeness (QED) is 0.108. The number of benzene rings is 3. The van der Waals surface area contributed by atoms with E-state index in [1.807, 2.05) is 42.5 Å². The highest BCUT2D eigenvalue weighted by Crippen LogP contribution is 2.23. The maximum absolute atomic E-state index is 12.1. The highest BCUT2D eigenvalue weighted by atomic mass is 16.5. The number of anilines is 1. The van der Waals surface area contributed by atoms with Crippen molar-refractivity contribution in [2.45, 2.75) is 32.7 Å². The molecular formula is C33H36N2O8. The minimum absolute atomic E-state index is 0.0152. The van der Waals surface area contributed by atoms with E-state index in [2.05, 4.69) is 10.6 Å². The Balaban J connectivity index is 1.10. The smallest absolute Gasteiger partial charge is 0.302 e. The molecule has 226 valence electrons. The Labute approximate surface area is 250 Å². The van der Waals surface area contributed by atoms with E-state index in [1.165, 1.54) is 19.3 Å². The fraction of sp³-hybridized carbons (Fsp3) is 0.273. The summed E-state index contributed by atoms with van der Waals surface area (Å²) in [6.07, 6.45) is 1.45.